The minimum atomic E-state index is -0.395. The third-order valence-electron chi connectivity index (χ3n) is 2.51. The molecule has 0 saturated heterocycles. The lowest BCUT2D eigenvalue weighted by Gasteiger charge is -2.11. The molecule has 0 bridgehead atoms. The highest BCUT2D eigenvalue weighted by molar-refractivity contribution is 5.61. The second kappa shape index (κ2) is 5.13. The number of hydrogen-bond acceptors (Lipinski definition) is 5. The minimum Gasteiger partial charge on any atom is -0.361 e. The van der Waals surface area contributed by atoms with Crippen LogP contribution in [0.5, 0.6) is 0 Å². The fourth-order valence-electron chi connectivity index (χ4n) is 1.56. The van der Waals surface area contributed by atoms with E-state index in [9.17, 15) is 10.1 Å². The molecule has 1 unspecified atom stereocenters. The van der Waals surface area contributed by atoms with Gasteiger partial charge in [0.2, 0.25) is 5.82 Å². The summed E-state index contributed by atoms with van der Waals surface area (Å²) in [7, 11) is 1.68. The molecule has 7 heteroatoms. The number of nitrogens with zero attached hydrogens (tertiary/aromatic N) is 3. The Morgan fingerprint density at radius 2 is 2.12 bits per heavy atom. The van der Waals surface area contributed by atoms with Crippen LogP contribution < -0.4 is 11.1 Å². The van der Waals surface area contributed by atoms with E-state index in [0.29, 0.717) is 18.1 Å². The van der Waals surface area contributed by atoms with Crippen molar-refractivity contribution in [2.75, 3.05) is 11.9 Å². The molecule has 0 aliphatic heterocycles. The number of aryl methyl sites for hydroxylation is 1. The molecule has 0 aromatic carbocycles. The molecular formula is C10H19N5O2. The van der Waals surface area contributed by atoms with Crippen LogP contribution in [-0.4, -0.2) is 27.3 Å². The average Bonchev–Trinajstić information content (AvgIpc) is 2.56. The summed E-state index contributed by atoms with van der Waals surface area (Å²) in [5.41, 5.74) is 6.03. The van der Waals surface area contributed by atoms with E-state index >= 15 is 0 Å². The summed E-state index contributed by atoms with van der Waals surface area (Å²) in [6.45, 7) is 6.03. The van der Waals surface area contributed by atoms with Crippen LogP contribution in [0.25, 0.3) is 0 Å². The standard InChI is InChI=1S/C10H19N5O2/c1-6(2)8-9(15(16)17)10(14(4)13-8)12-7(3)5-11/h6-7,12H,5,11H2,1-4H3. The third kappa shape index (κ3) is 2.73. The van der Waals surface area contributed by atoms with Crippen LogP contribution in [-0.2, 0) is 7.05 Å². The smallest absolute Gasteiger partial charge is 0.334 e. The molecular weight excluding hydrogens is 222 g/mol. The molecule has 96 valence electrons. The van der Waals surface area contributed by atoms with Crippen molar-refractivity contribution in [2.24, 2.45) is 12.8 Å². The van der Waals surface area contributed by atoms with E-state index in [0.717, 1.165) is 0 Å². The molecule has 0 aliphatic rings. The molecule has 3 N–H and O–H groups in total. The lowest BCUT2D eigenvalue weighted by molar-refractivity contribution is -0.384. The summed E-state index contributed by atoms with van der Waals surface area (Å²) in [6.07, 6.45) is 0. The summed E-state index contributed by atoms with van der Waals surface area (Å²) in [5, 5.41) is 18.3. The quantitative estimate of drug-likeness (QED) is 0.596. The highest BCUT2D eigenvalue weighted by Gasteiger charge is 2.28. The van der Waals surface area contributed by atoms with Crippen molar-refractivity contribution in [3.05, 3.63) is 15.8 Å². The molecule has 0 radical (unpaired) electrons. The van der Waals surface area contributed by atoms with Gasteiger partial charge in [0.25, 0.3) is 0 Å². The Kier molecular flexibility index (Phi) is 4.06. The molecule has 1 aromatic heterocycles. The van der Waals surface area contributed by atoms with Gasteiger partial charge in [0.1, 0.15) is 5.69 Å². The third-order valence-corrected chi connectivity index (χ3v) is 2.51. The molecule has 1 aromatic rings. The molecule has 17 heavy (non-hydrogen) atoms. The topological polar surface area (TPSA) is 99.0 Å². The van der Waals surface area contributed by atoms with E-state index in [-0.39, 0.29) is 17.6 Å². The first-order valence-corrected chi connectivity index (χ1v) is 5.56. The zero-order valence-electron chi connectivity index (χ0n) is 10.6. The van der Waals surface area contributed by atoms with Crippen molar-refractivity contribution in [2.45, 2.75) is 32.7 Å². The van der Waals surface area contributed by atoms with Gasteiger partial charge in [-0.25, -0.2) is 4.68 Å². The number of nitro groups is 1. The Labute approximate surface area is 100 Å². The Bertz CT molecular complexity index is 413. The second-order valence-electron chi connectivity index (χ2n) is 4.40. The van der Waals surface area contributed by atoms with Crippen LogP contribution in [0.3, 0.4) is 0 Å². The molecule has 0 amide bonds. The number of aromatic nitrogens is 2. The van der Waals surface area contributed by atoms with Crippen molar-refractivity contribution in [3.8, 4) is 0 Å². The van der Waals surface area contributed by atoms with Crippen LogP contribution in [0.15, 0.2) is 0 Å². The van der Waals surface area contributed by atoms with Gasteiger partial charge in [-0.2, -0.15) is 5.10 Å². The molecule has 7 nitrogen and oxygen atoms in total. The fraction of sp³-hybridized carbons (Fsp3) is 0.700. The Balaban J connectivity index is 3.23. The van der Waals surface area contributed by atoms with Crippen LogP contribution in [0.4, 0.5) is 11.5 Å². The van der Waals surface area contributed by atoms with Gasteiger partial charge in [-0.05, 0) is 6.92 Å². The van der Waals surface area contributed by atoms with Gasteiger partial charge in [0.05, 0.1) is 4.92 Å². The summed E-state index contributed by atoms with van der Waals surface area (Å²) in [6, 6.07) is -0.0379. The Morgan fingerprint density at radius 1 is 1.53 bits per heavy atom. The van der Waals surface area contributed by atoms with Crippen LogP contribution in [0.2, 0.25) is 0 Å². The van der Waals surface area contributed by atoms with E-state index in [2.05, 4.69) is 10.4 Å². The van der Waals surface area contributed by atoms with Gasteiger partial charge in [-0.15, -0.1) is 0 Å². The zero-order chi connectivity index (χ0) is 13.2. The molecule has 1 heterocycles. The number of hydrogen-bond donors (Lipinski definition) is 2. The van der Waals surface area contributed by atoms with Crippen LogP contribution in [0, 0.1) is 10.1 Å². The Morgan fingerprint density at radius 3 is 2.53 bits per heavy atom. The highest BCUT2D eigenvalue weighted by Crippen LogP contribution is 2.32. The first-order valence-electron chi connectivity index (χ1n) is 5.56. The lowest BCUT2D eigenvalue weighted by Crippen LogP contribution is -2.26. The normalized spacial score (nSPS) is 12.8. The molecule has 0 saturated carbocycles. The van der Waals surface area contributed by atoms with Gasteiger partial charge in [0.15, 0.2) is 0 Å². The predicted octanol–water partition coefficient (Wildman–Crippen LogP) is 1.21. The van der Waals surface area contributed by atoms with Crippen molar-refractivity contribution in [1.29, 1.82) is 0 Å². The average molecular weight is 241 g/mol. The number of rotatable bonds is 5. The minimum absolute atomic E-state index is 0.00494. The van der Waals surface area contributed by atoms with Gasteiger partial charge in [-0.1, -0.05) is 13.8 Å². The largest absolute Gasteiger partial charge is 0.361 e. The predicted molar refractivity (Wildman–Crippen MR) is 66.1 cm³/mol. The zero-order valence-corrected chi connectivity index (χ0v) is 10.6. The van der Waals surface area contributed by atoms with Gasteiger partial charge in [-0.3, -0.25) is 10.1 Å². The van der Waals surface area contributed by atoms with Crippen molar-refractivity contribution in [3.63, 3.8) is 0 Å². The van der Waals surface area contributed by atoms with Crippen molar-refractivity contribution < 1.29 is 4.92 Å². The molecule has 0 spiro atoms. The van der Waals surface area contributed by atoms with E-state index in [1.807, 2.05) is 20.8 Å². The second-order valence-corrected chi connectivity index (χ2v) is 4.40. The van der Waals surface area contributed by atoms with Gasteiger partial charge in [0, 0.05) is 25.6 Å². The highest BCUT2D eigenvalue weighted by atomic mass is 16.6. The maximum Gasteiger partial charge on any atom is 0.334 e. The lowest BCUT2D eigenvalue weighted by atomic mass is 10.1. The monoisotopic (exact) mass is 241 g/mol. The molecule has 0 fully saturated rings. The van der Waals surface area contributed by atoms with Gasteiger partial charge < -0.3 is 11.1 Å². The maximum atomic E-state index is 11.1. The summed E-state index contributed by atoms with van der Waals surface area (Å²) in [5.74, 6) is 0.419. The summed E-state index contributed by atoms with van der Waals surface area (Å²) in [4.78, 5) is 10.7. The molecule has 1 rings (SSSR count). The van der Waals surface area contributed by atoms with E-state index in [1.165, 1.54) is 4.68 Å². The van der Waals surface area contributed by atoms with E-state index < -0.39 is 4.92 Å². The van der Waals surface area contributed by atoms with Crippen LogP contribution >= 0.6 is 0 Å². The van der Waals surface area contributed by atoms with Crippen LogP contribution in [0.1, 0.15) is 32.4 Å². The number of nitrogens with two attached hydrogens (primary N) is 1. The molecule has 0 aliphatic carbocycles. The number of nitrogens with one attached hydrogen (secondary N) is 1. The fourth-order valence-corrected chi connectivity index (χ4v) is 1.56. The maximum absolute atomic E-state index is 11.1. The SMILES string of the molecule is CC(CN)Nc1c([N+](=O)[O-])c(C(C)C)nn1C. The molecule has 1 atom stereocenters. The first-order chi connectivity index (χ1) is 7.88. The van der Waals surface area contributed by atoms with Crippen molar-refractivity contribution in [1.82, 2.24) is 9.78 Å². The summed E-state index contributed by atoms with van der Waals surface area (Å²) < 4.78 is 1.50. The van der Waals surface area contributed by atoms with E-state index in [1.54, 1.807) is 7.05 Å². The van der Waals surface area contributed by atoms with E-state index in [4.69, 9.17) is 5.73 Å². The van der Waals surface area contributed by atoms with Crippen molar-refractivity contribution >= 4 is 11.5 Å². The summed E-state index contributed by atoms with van der Waals surface area (Å²) >= 11 is 0. The van der Waals surface area contributed by atoms with Gasteiger partial charge >= 0.3 is 5.69 Å². The number of anilines is 1. The first kappa shape index (κ1) is 13.4. The Hall–Kier alpha value is -1.63.